The number of rotatable bonds is 5. The van der Waals surface area contributed by atoms with Gasteiger partial charge in [0.2, 0.25) is 5.91 Å². The number of carbonyl (C=O) groups is 2. The summed E-state index contributed by atoms with van der Waals surface area (Å²) in [6.07, 6.45) is 5.08. The molecule has 0 saturated heterocycles. The minimum Gasteiger partial charge on any atom is -0.477 e. The highest BCUT2D eigenvalue weighted by Gasteiger charge is 2.34. The summed E-state index contributed by atoms with van der Waals surface area (Å²) in [4.78, 5) is 26.7. The molecule has 0 spiro atoms. The molecule has 152 valence electrons. The zero-order chi connectivity index (χ0) is 21.1. The van der Waals surface area contributed by atoms with Crippen LogP contribution in [0.25, 0.3) is 5.69 Å². The fourth-order valence-electron chi connectivity index (χ4n) is 3.82. The molecule has 0 radical (unpaired) electrons. The minimum absolute atomic E-state index is 0.0133. The van der Waals surface area contributed by atoms with Gasteiger partial charge < -0.3 is 5.11 Å². The van der Waals surface area contributed by atoms with Crippen molar-refractivity contribution in [2.24, 2.45) is 11.8 Å². The van der Waals surface area contributed by atoms with E-state index in [9.17, 15) is 14.7 Å². The van der Waals surface area contributed by atoms with Gasteiger partial charge in [-0.05, 0) is 69.7 Å². The fourth-order valence-corrected chi connectivity index (χ4v) is 3.82. The molecule has 0 bridgehead atoms. The number of carbonyl (C=O) groups excluding carboxylic acids is 1. The molecule has 1 aliphatic carbocycles. The van der Waals surface area contributed by atoms with Crippen LogP contribution < -0.4 is 4.90 Å². The average molecular weight is 394 g/mol. The first-order chi connectivity index (χ1) is 13.8. The monoisotopic (exact) mass is 394 g/mol. The molecule has 1 N–H and O–H groups in total. The first-order valence-electron chi connectivity index (χ1n) is 9.98. The Hall–Kier alpha value is -3.14. The Bertz CT molecular complexity index is 932. The van der Waals surface area contributed by atoms with Crippen LogP contribution >= 0.6 is 0 Å². The van der Waals surface area contributed by atoms with Gasteiger partial charge in [0, 0.05) is 18.2 Å². The van der Waals surface area contributed by atoms with Gasteiger partial charge in [-0.15, -0.1) is 5.10 Å². The number of carboxylic acid groups (broad SMARTS) is 1. The van der Waals surface area contributed by atoms with Crippen LogP contribution in [0.4, 0.5) is 5.82 Å². The number of aromatic nitrogens is 2. The van der Waals surface area contributed by atoms with E-state index in [1.54, 1.807) is 24.3 Å². The number of carboxylic acids is 1. The van der Waals surface area contributed by atoms with E-state index in [2.05, 4.69) is 18.1 Å². The van der Waals surface area contributed by atoms with Crippen molar-refractivity contribution in [2.45, 2.75) is 52.5 Å². The predicted molar refractivity (Wildman–Crippen MR) is 109 cm³/mol. The van der Waals surface area contributed by atoms with E-state index in [0.29, 0.717) is 17.2 Å². The molecule has 1 heterocycles. The van der Waals surface area contributed by atoms with Crippen molar-refractivity contribution in [3.05, 3.63) is 41.6 Å². The van der Waals surface area contributed by atoms with Crippen LogP contribution in [0.15, 0.2) is 30.5 Å². The number of hydrogen-bond donors (Lipinski definition) is 1. The van der Waals surface area contributed by atoms with E-state index in [4.69, 9.17) is 5.26 Å². The Morgan fingerprint density at radius 1 is 1.21 bits per heavy atom. The van der Waals surface area contributed by atoms with Crippen molar-refractivity contribution in [3.8, 4) is 11.8 Å². The average Bonchev–Trinajstić information content (AvgIpc) is 3.13. The normalized spacial score (nSPS) is 19.0. The van der Waals surface area contributed by atoms with Gasteiger partial charge in [-0.25, -0.2) is 9.48 Å². The standard InChI is InChI=1S/C22H26N4O3/c1-14(2)26(21(27)17-8-4-15(3)5-9-17)20-19(22(28)29)13-25(24-20)18-10-6-16(12-23)7-11-18/h6-7,10-11,13-15,17H,4-5,8-9H2,1-3H3,(H,28,29). The van der Waals surface area contributed by atoms with Crippen LogP contribution in [0.3, 0.4) is 0 Å². The lowest BCUT2D eigenvalue weighted by atomic mass is 9.82. The molecule has 7 heteroatoms. The second kappa shape index (κ2) is 8.48. The highest BCUT2D eigenvalue weighted by atomic mass is 16.4. The van der Waals surface area contributed by atoms with Crippen molar-refractivity contribution in [2.75, 3.05) is 4.90 Å². The second-order valence-electron chi connectivity index (χ2n) is 8.03. The summed E-state index contributed by atoms with van der Waals surface area (Å²) in [5, 5.41) is 23.2. The third-order valence-corrected chi connectivity index (χ3v) is 5.53. The van der Waals surface area contributed by atoms with Gasteiger partial charge in [-0.2, -0.15) is 5.26 Å². The quantitative estimate of drug-likeness (QED) is 0.826. The molecule has 0 unspecified atom stereocenters. The smallest absolute Gasteiger partial charge is 0.341 e. The van der Waals surface area contributed by atoms with Gasteiger partial charge in [-0.3, -0.25) is 9.69 Å². The Labute approximate surface area is 170 Å². The topological polar surface area (TPSA) is 99.2 Å². The molecule has 1 aromatic heterocycles. The molecule has 1 aliphatic rings. The molecule has 1 amide bonds. The molecule has 7 nitrogen and oxygen atoms in total. The number of nitrogens with zero attached hydrogens (tertiary/aromatic N) is 4. The zero-order valence-corrected chi connectivity index (χ0v) is 17.0. The lowest BCUT2D eigenvalue weighted by Crippen LogP contribution is -2.43. The summed E-state index contributed by atoms with van der Waals surface area (Å²) < 4.78 is 1.45. The summed E-state index contributed by atoms with van der Waals surface area (Å²) in [6.45, 7) is 5.94. The maximum Gasteiger partial charge on any atom is 0.341 e. The van der Waals surface area contributed by atoms with E-state index >= 15 is 0 Å². The number of nitriles is 1. The van der Waals surface area contributed by atoms with Crippen LogP contribution in [0.1, 0.15) is 62.4 Å². The number of anilines is 1. The third kappa shape index (κ3) is 4.32. The highest BCUT2D eigenvalue weighted by molar-refractivity contribution is 6.01. The molecule has 1 aromatic carbocycles. The Kier molecular flexibility index (Phi) is 6.02. The van der Waals surface area contributed by atoms with Crippen LogP contribution in [-0.4, -0.2) is 32.8 Å². The van der Waals surface area contributed by atoms with E-state index < -0.39 is 5.97 Å². The number of aromatic carboxylic acids is 1. The third-order valence-electron chi connectivity index (χ3n) is 5.53. The second-order valence-corrected chi connectivity index (χ2v) is 8.03. The maximum atomic E-state index is 13.3. The molecule has 1 fully saturated rings. The molecular weight excluding hydrogens is 368 g/mol. The summed E-state index contributed by atoms with van der Waals surface area (Å²) in [7, 11) is 0. The largest absolute Gasteiger partial charge is 0.477 e. The van der Waals surface area contributed by atoms with Crippen molar-refractivity contribution in [3.63, 3.8) is 0 Å². The maximum absolute atomic E-state index is 13.3. The zero-order valence-electron chi connectivity index (χ0n) is 17.0. The summed E-state index contributed by atoms with van der Waals surface area (Å²) in [6, 6.07) is 8.52. The number of benzene rings is 1. The Morgan fingerprint density at radius 3 is 2.34 bits per heavy atom. The Morgan fingerprint density at radius 2 is 1.83 bits per heavy atom. The van der Waals surface area contributed by atoms with E-state index in [1.807, 2.05) is 13.8 Å². The van der Waals surface area contributed by atoms with Crippen molar-refractivity contribution in [1.29, 1.82) is 5.26 Å². The fraction of sp³-hybridized carbons (Fsp3) is 0.455. The van der Waals surface area contributed by atoms with Crippen LogP contribution in [0.5, 0.6) is 0 Å². The minimum atomic E-state index is -1.13. The molecule has 0 aliphatic heterocycles. The number of amides is 1. The lowest BCUT2D eigenvalue weighted by molar-refractivity contribution is -0.123. The summed E-state index contributed by atoms with van der Waals surface area (Å²) in [5.74, 6) is -0.498. The summed E-state index contributed by atoms with van der Waals surface area (Å²) >= 11 is 0. The van der Waals surface area contributed by atoms with Gasteiger partial charge in [0.05, 0.1) is 17.3 Å². The first kappa shape index (κ1) is 20.6. The summed E-state index contributed by atoms with van der Waals surface area (Å²) in [5.41, 5.74) is 1.12. The van der Waals surface area contributed by atoms with Gasteiger partial charge in [0.15, 0.2) is 5.82 Å². The van der Waals surface area contributed by atoms with E-state index in [1.165, 1.54) is 15.8 Å². The molecule has 0 atom stereocenters. The SMILES string of the molecule is CC1CCC(C(=O)N(c2nn(-c3ccc(C#N)cc3)cc2C(=O)O)C(C)C)CC1. The first-order valence-corrected chi connectivity index (χ1v) is 9.98. The highest BCUT2D eigenvalue weighted by Crippen LogP contribution is 2.32. The Balaban J connectivity index is 1.99. The molecule has 2 aromatic rings. The van der Waals surface area contributed by atoms with Gasteiger partial charge >= 0.3 is 5.97 Å². The lowest BCUT2D eigenvalue weighted by Gasteiger charge is -2.32. The van der Waals surface area contributed by atoms with Crippen LogP contribution in [0, 0.1) is 23.2 Å². The molecule has 29 heavy (non-hydrogen) atoms. The van der Waals surface area contributed by atoms with Crippen molar-refractivity contribution < 1.29 is 14.7 Å². The van der Waals surface area contributed by atoms with Crippen LogP contribution in [-0.2, 0) is 4.79 Å². The molecule has 1 saturated carbocycles. The molecular formula is C22H26N4O3. The van der Waals surface area contributed by atoms with Gasteiger partial charge in [-0.1, -0.05) is 6.92 Å². The molecule has 3 rings (SSSR count). The van der Waals surface area contributed by atoms with Gasteiger partial charge in [0.25, 0.3) is 0 Å². The number of hydrogen-bond acceptors (Lipinski definition) is 4. The van der Waals surface area contributed by atoms with Crippen molar-refractivity contribution >= 4 is 17.7 Å². The van der Waals surface area contributed by atoms with Crippen molar-refractivity contribution in [1.82, 2.24) is 9.78 Å². The predicted octanol–water partition coefficient (Wildman–Crippen LogP) is 4.01. The van der Waals surface area contributed by atoms with Gasteiger partial charge in [0.1, 0.15) is 5.56 Å². The van der Waals surface area contributed by atoms with E-state index in [-0.39, 0.29) is 29.2 Å². The van der Waals surface area contributed by atoms with Crippen LogP contribution in [0.2, 0.25) is 0 Å². The van der Waals surface area contributed by atoms with E-state index in [0.717, 1.165) is 25.7 Å².